The molecule has 0 amide bonds. The van der Waals surface area contributed by atoms with E-state index in [1.54, 1.807) is 0 Å². The number of imidazole rings is 1. The lowest BCUT2D eigenvalue weighted by molar-refractivity contribution is 0.990. The van der Waals surface area contributed by atoms with E-state index in [0.717, 1.165) is 4.57 Å². The van der Waals surface area contributed by atoms with Crippen molar-refractivity contribution in [1.82, 2.24) is 14.5 Å². The second-order valence-electron chi connectivity index (χ2n) is 2.06. The Labute approximate surface area is 99.1 Å². The molecule has 0 spiro atoms. The van der Waals surface area contributed by atoms with Crippen LogP contribution in [0, 0.1) is 0 Å². The number of hydrogen-bond donors (Lipinski definition) is 0. The SMILES string of the molecule is [2H]c1nc(-n2c([2H])nc(Br)c2[2H])c([2H])c(Br)c1[2H]. The maximum absolute atomic E-state index is 7.83. The largest absolute Gasteiger partial charge is 0.289 e. The monoisotopic (exact) mass is 306 g/mol. The summed E-state index contributed by atoms with van der Waals surface area (Å²) in [5.74, 6) is -0.0731. The Balaban J connectivity index is 2.80. The quantitative estimate of drug-likeness (QED) is 0.811. The summed E-state index contributed by atoms with van der Waals surface area (Å²) in [7, 11) is 0. The van der Waals surface area contributed by atoms with Crippen LogP contribution in [0.25, 0.3) is 5.82 Å². The highest BCUT2D eigenvalue weighted by atomic mass is 79.9. The zero-order valence-electron chi connectivity index (χ0n) is 11.1. The molecule has 0 aliphatic carbocycles. The lowest BCUT2D eigenvalue weighted by atomic mass is 10.4. The third kappa shape index (κ3) is 1.97. The molecule has 2 heterocycles. The molecule has 0 N–H and O–H groups in total. The molecule has 0 bridgehead atoms. The van der Waals surface area contributed by atoms with Gasteiger partial charge in [-0.15, -0.1) is 0 Å². The van der Waals surface area contributed by atoms with Gasteiger partial charge in [-0.1, -0.05) is 15.9 Å². The molecule has 0 saturated heterocycles. The van der Waals surface area contributed by atoms with Crippen molar-refractivity contribution in [2.75, 3.05) is 0 Å². The van der Waals surface area contributed by atoms with E-state index in [4.69, 9.17) is 6.85 Å². The summed E-state index contributed by atoms with van der Waals surface area (Å²) < 4.78 is 39.5. The number of hydrogen-bond acceptors (Lipinski definition) is 2. The van der Waals surface area contributed by atoms with Crippen LogP contribution in [0.2, 0.25) is 0 Å². The first-order valence-corrected chi connectivity index (χ1v) is 4.78. The van der Waals surface area contributed by atoms with Gasteiger partial charge in [-0.3, -0.25) is 4.57 Å². The van der Waals surface area contributed by atoms with E-state index in [9.17, 15) is 0 Å². The summed E-state index contributed by atoms with van der Waals surface area (Å²) in [5, 5.41) is 0. The number of pyridine rings is 1. The fourth-order valence-corrected chi connectivity index (χ4v) is 1.25. The fourth-order valence-electron chi connectivity index (χ4n) is 0.730. The molecule has 0 radical (unpaired) electrons. The van der Waals surface area contributed by atoms with Crippen LogP contribution in [0.4, 0.5) is 0 Å². The average Bonchev–Trinajstić information content (AvgIpc) is 2.56. The highest BCUT2D eigenvalue weighted by Crippen LogP contribution is 2.14. The van der Waals surface area contributed by atoms with Crippen molar-refractivity contribution in [1.29, 1.82) is 0 Å². The molecule has 0 aliphatic rings. The minimum absolute atomic E-state index is 0.0731. The zero-order valence-corrected chi connectivity index (χ0v) is 9.27. The van der Waals surface area contributed by atoms with Crippen LogP contribution in [0.1, 0.15) is 6.85 Å². The van der Waals surface area contributed by atoms with Gasteiger partial charge in [0.05, 0.1) is 5.48 Å². The molecule has 2 aromatic rings. The number of halogens is 2. The van der Waals surface area contributed by atoms with Gasteiger partial charge < -0.3 is 0 Å². The van der Waals surface area contributed by atoms with Gasteiger partial charge in [-0.25, -0.2) is 9.97 Å². The predicted octanol–water partition coefficient (Wildman–Crippen LogP) is 2.79. The van der Waals surface area contributed by atoms with Gasteiger partial charge in [0, 0.05) is 16.8 Å². The summed E-state index contributed by atoms with van der Waals surface area (Å²) >= 11 is 6.05. The molecule has 0 atom stereocenters. The number of rotatable bonds is 1. The highest BCUT2D eigenvalue weighted by Gasteiger charge is 1.99. The van der Waals surface area contributed by atoms with E-state index < -0.39 is 0 Å². The fraction of sp³-hybridized carbons (Fsp3) is 0. The topological polar surface area (TPSA) is 30.7 Å². The third-order valence-corrected chi connectivity index (χ3v) is 1.96. The molecule has 66 valence electrons. The zero-order chi connectivity index (χ0) is 13.6. The van der Waals surface area contributed by atoms with E-state index in [-0.39, 0.29) is 45.6 Å². The average molecular weight is 308 g/mol. The first-order chi connectivity index (χ1) is 8.34. The van der Waals surface area contributed by atoms with Crippen molar-refractivity contribution in [3.05, 3.63) is 39.8 Å². The van der Waals surface area contributed by atoms with Crippen molar-refractivity contribution in [2.45, 2.75) is 0 Å². The van der Waals surface area contributed by atoms with Crippen molar-refractivity contribution in [3.63, 3.8) is 0 Å². The van der Waals surface area contributed by atoms with Crippen molar-refractivity contribution >= 4 is 31.9 Å². The minimum atomic E-state index is -0.337. The lowest BCUT2D eigenvalue weighted by Gasteiger charge is -1.99. The Hall–Kier alpha value is -0.680. The first-order valence-electron chi connectivity index (χ1n) is 5.69. The normalized spacial score (nSPS) is 15.7. The summed E-state index contributed by atoms with van der Waals surface area (Å²) in [6.45, 7) is 0. The predicted molar refractivity (Wildman–Crippen MR) is 56.8 cm³/mol. The van der Waals surface area contributed by atoms with Gasteiger partial charge >= 0.3 is 0 Å². The standard InChI is InChI=1S/C8H5Br2N3/c9-6-1-2-11-8(3-6)13-4-7(10)12-5-13/h1-5H/i1D,2D,3D,4D,5D. The Morgan fingerprint density at radius 2 is 2.23 bits per heavy atom. The van der Waals surface area contributed by atoms with Crippen LogP contribution < -0.4 is 0 Å². The second kappa shape index (κ2) is 3.59. The van der Waals surface area contributed by atoms with Crippen LogP contribution >= 0.6 is 31.9 Å². The number of aromatic nitrogens is 3. The van der Waals surface area contributed by atoms with Crippen molar-refractivity contribution < 1.29 is 6.85 Å². The molecule has 13 heavy (non-hydrogen) atoms. The van der Waals surface area contributed by atoms with Crippen LogP contribution in [-0.4, -0.2) is 14.5 Å². The van der Waals surface area contributed by atoms with Crippen molar-refractivity contribution in [2.24, 2.45) is 0 Å². The highest BCUT2D eigenvalue weighted by molar-refractivity contribution is 9.10. The maximum atomic E-state index is 7.83. The Morgan fingerprint density at radius 1 is 1.38 bits per heavy atom. The molecule has 0 saturated carbocycles. The van der Waals surface area contributed by atoms with E-state index in [2.05, 4.69) is 41.8 Å². The van der Waals surface area contributed by atoms with Crippen LogP contribution in [-0.2, 0) is 0 Å². The maximum Gasteiger partial charge on any atom is 0.138 e. The Morgan fingerprint density at radius 3 is 2.92 bits per heavy atom. The lowest BCUT2D eigenvalue weighted by Crippen LogP contribution is -1.92. The summed E-state index contributed by atoms with van der Waals surface area (Å²) in [5.41, 5.74) is 0. The first kappa shape index (κ1) is 4.70. The molecule has 5 heteroatoms. The van der Waals surface area contributed by atoms with E-state index in [1.165, 1.54) is 0 Å². The van der Waals surface area contributed by atoms with Gasteiger partial charge in [0.25, 0.3) is 0 Å². The molecule has 0 fully saturated rings. The summed E-state index contributed by atoms with van der Waals surface area (Å²) in [6.07, 6.45) is -0.738. The Kier molecular flexibility index (Phi) is 1.30. The van der Waals surface area contributed by atoms with Crippen LogP contribution in [0.3, 0.4) is 0 Å². The van der Waals surface area contributed by atoms with Gasteiger partial charge in [0.15, 0.2) is 0 Å². The molecule has 0 unspecified atom stereocenters. The second-order valence-corrected chi connectivity index (χ2v) is 3.61. The molecule has 3 nitrogen and oxygen atoms in total. The summed E-state index contributed by atoms with van der Waals surface area (Å²) in [6, 6.07) is -0.371. The van der Waals surface area contributed by atoms with E-state index in [0.29, 0.717) is 0 Å². The van der Waals surface area contributed by atoms with Gasteiger partial charge in [0.2, 0.25) is 0 Å². The van der Waals surface area contributed by atoms with Gasteiger partial charge in [0.1, 0.15) is 18.1 Å². The van der Waals surface area contributed by atoms with Gasteiger partial charge in [-0.2, -0.15) is 0 Å². The van der Waals surface area contributed by atoms with Crippen molar-refractivity contribution in [3.8, 4) is 5.82 Å². The third-order valence-electron chi connectivity index (χ3n) is 1.21. The summed E-state index contributed by atoms with van der Waals surface area (Å²) in [4.78, 5) is 7.48. The minimum Gasteiger partial charge on any atom is -0.289 e. The van der Waals surface area contributed by atoms with Gasteiger partial charge in [-0.05, 0) is 28.0 Å². The molecule has 2 aromatic heterocycles. The van der Waals surface area contributed by atoms with E-state index in [1.807, 2.05) is 0 Å². The molecular formula is C8H5Br2N3. The number of nitrogens with zero attached hydrogens (tertiary/aromatic N) is 3. The smallest absolute Gasteiger partial charge is 0.138 e. The molecule has 2 rings (SSSR count). The molecule has 0 aromatic carbocycles. The van der Waals surface area contributed by atoms with E-state index >= 15 is 0 Å². The van der Waals surface area contributed by atoms with Crippen LogP contribution in [0.5, 0.6) is 0 Å². The van der Waals surface area contributed by atoms with Crippen LogP contribution in [0.15, 0.2) is 39.8 Å². The molecule has 0 aliphatic heterocycles. The molecular weight excluding hydrogens is 298 g/mol. The Bertz CT molecular complexity index is 642.